The topological polar surface area (TPSA) is 191 Å². The van der Waals surface area contributed by atoms with Crippen molar-refractivity contribution >= 4 is 64.1 Å². The van der Waals surface area contributed by atoms with Crippen LogP contribution in [0.25, 0.3) is 6.08 Å². The summed E-state index contributed by atoms with van der Waals surface area (Å²) in [7, 11) is 0. The summed E-state index contributed by atoms with van der Waals surface area (Å²) in [6, 6.07) is 28.4. The van der Waals surface area contributed by atoms with Crippen LogP contribution in [0.4, 0.5) is 0 Å². The van der Waals surface area contributed by atoms with Crippen LogP contribution < -0.4 is 0 Å². The Morgan fingerprint density at radius 3 is 1.40 bits per heavy atom. The summed E-state index contributed by atoms with van der Waals surface area (Å²) in [4.78, 5) is 105. The van der Waals surface area contributed by atoms with Crippen LogP contribution in [0.3, 0.4) is 0 Å². The standard InChI is InChI=1S/C10H12O3.C10H10O.C10H8O.C9H12O.C8H12O.C8H8O.2C5H8O.C4H6O.CH3.W/c1-5(11)8-6-2-3-7(4-6)9(8)10(12)13;2*1-9(11)7-8-10-5-3-2-4-6-10;1-6(10)9-5-7-2-3-8(9)4-7;2*1-7(9)8-5-3-2-4-6-8;1-4(2)5(3)6;1-3-4-5(2)6;1-3-4(2)5;;/h2-3,6-9H,4H2,1H3,(H,12,13);2-8H,1H3;2-6H,1H3;2-3,7-9H,4-5H2,1H3;2-3,8H,4-6H2,1H3;2-6H,1H3;1H2,2-3H3;3H,1,4H2,2H3;3H,1H2,2H3;1H3;/q;;;;;;;;;-1;/b;8-7+;;;;;;;;;. The summed E-state index contributed by atoms with van der Waals surface area (Å²) >= 11 is 0. The van der Waals surface area contributed by atoms with E-state index in [1.54, 1.807) is 53.7 Å². The average molecular weight is 1290 g/mol. The molecule has 3 aromatic rings. The van der Waals surface area contributed by atoms with E-state index in [1.165, 1.54) is 40.2 Å². The van der Waals surface area contributed by atoms with E-state index in [1.807, 2.05) is 109 Å². The molecule has 440 valence electrons. The van der Waals surface area contributed by atoms with Crippen molar-refractivity contribution in [2.45, 2.75) is 114 Å². The molecular weight excluding hydrogens is 1200 g/mol. The third-order valence-corrected chi connectivity index (χ3v) is 12.8. The molecule has 0 amide bonds. The monoisotopic (exact) mass is 1290 g/mol. The Bertz CT molecular complexity index is 2700. The third kappa shape index (κ3) is 36.0. The summed E-state index contributed by atoms with van der Waals surface area (Å²) in [6.07, 6.45) is 25.8. The van der Waals surface area contributed by atoms with Gasteiger partial charge in [0.15, 0.2) is 23.1 Å². The van der Waals surface area contributed by atoms with E-state index in [-0.39, 0.29) is 86.7 Å². The number of fused-ring (bicyclic) bond motifs is 4. The first-order chi connectivity index (χ1) is 37.7. The molecule has 11 nitrogen and oxygen atoms in total. The largest absolute Gasteiger partial charge is 0.481 e. The number of aliphatic carboxylic acids is 1. The van der Waals surface area contributed by atoms with Crippen LogP contribution >= 0.6 is 0 Å². The Balaban J connectivity index is -0.000000866. The number of carboxylic acids is 1. The fraction of sp³-hybridized carbons (Fsp3) is 0.357. The minimum Gasteiger partial charge on any atom is -0.481 e. The molecule has 12 heteroatoms. The molecule has 0 aromatic heterocycles. The summed E-state index contributed by atoms with van der Waals surface area (Å²) in [5.41, 5.74) is 3.33. The van der Waals surface area contributed by atoms with Gasteiger partial charge in [0, 0.05) is 63.3 Å². The first kappa shape index (κ1) is 78.8. The van der Waals surface area contributed by atoms with Crippen LogP contribution in [0.5, 0.6) is 0 Å². The van der Waals surface area contributed by atoms with Crippen LogP contribution in [-0.2, 0) is 64.2 Å². The van der Waals surface area contributed by atoms with Crippen molar-refractivity contribution in [2.75, 3.05) is 0 Å². The van der Waals surface area contributed by atoms with E-state index in [4.69, 9.17) is 5.11 Å². The second-order valence-corrected chi connectivity index (χ2v) is 19.8. The normalized spacial score (nSPS) is 19.5. The Labute approximate surface area is 504 Å². The number of ketones is 9. The number of rotatable bonds is 11. The third-order valence-electron chi connectivity index (χ3n) is 12.8. The number of carbonyl (C=O) groups excluding carboxylic acids is 9. The second-order valence-electron chi connectivity index (χ2n) is 19.8. The molecule has 0 heterocycles. The van der Waals surface area contributed by atoms with Gasteiger partial charge in [-0.25, -0.2) is 0 Å². The molecule has 8 unspecified atom stereocenters. The van der Waals surface area contributed by atoms with Crippen molar-refractivity contribution < 1.29 is 74.1 Å². The number of benzene rings is 3. The van der Waals surface area contributed by atoms with Crippen molar-refractivity contribution in [1.82, 2.24) is 0 Å². The maximum Gasteiger partial charge on any atom is 0.307 e. The first-order valence-corrected chi connectivity index (χ1v) is 26.8. The molecule has 2 saturated carbocycles. The van der Waals surface area contributed by atoms with Crippen LogP contribution in [-0.4, -0.2) is 63.1 Å². The summed E-state index contributed by atoms with van der Waals surface area (Å²) in [5, 5.41) is 8.97. The van der Waals surface area contributed by atoms with Gasteiger partial charge in [0.25, 0.3) is 0 Å². The molecule has 5 aliphatic carbocycles. The summed E-state index contributed by atoms with van der Waals surface area (Å²) in [5.74, 6) is 7.07. The van der Waals surface area contributed by atoms with E-state index >= 15 is 0 Å². The van der Waals surface area contributed by atoms with E-state index < -0.39 is 11.9 Å². The van der Waals surface area contributed by atoms with Gasteiger partial charge in [-0.1, -0.05) is 147 Å². The fourth-order valence-electron chi connectivity index (χ4n) is 8.46. The number of hydrogen-bond donors (Lipinski definition) is 1. The van der Waals surface area contributed by atoms with Gasteiger partial charge in [0.1, 0.15) is 23.1 Å². The van der Waals surface area contributed by atoms with E-state index in [2.05, 4.69) is 55.9 Å². The van der Waals surface area contributed by atoms with Gasteiger partial charge >= 0.3 is 5.97 Å². The SMILES string of the molecule is C=C(C)C(C)=O.C=CC(C)=O.C=CCC(C)=O.CC(=O)/C=C/c1ccccc1.CC(=O)C#Cc1ccccc1.CC(=O)C1C2C=CC(C2)C1C(=O)O.CC(=O)C1CC2C=CC1C2.CC(=O)C1CC=CCC1.CC(=O)c1ccccc1.[CH3-].[W]. The van der Waals surface area contributed by atoms with Crippen molar-refractivity contribution in [3.05, 3.63) is 195 Å². The molecule has 0 aliphatic heterocycles. The van der Waals surface area contributed by atoms with Gasteiger partial charge in [-0.2, -0.15) is 0 Å². The van der Waals surface area contributed by atoms with E-state index in [9.17, 15) is 47.9 Å². The predicted molar refractivity (Wildman–Crippen MR) is 328 cm³/mol. The number of allylic oxidation sites excluding steroid dienone is 10. The molecule has 82 heavy (non-hydrogen) atoms. The smallest absolute Gasteiger partial charge is 0.307 e. The second kappa shape index (κ2) is 45.2. The number of hydrogen-bond acceptors (Lipinski definition) is 10. The Morgan fingerprint density at radius 1 is 0.610 bits per heavy atom. The Kier molecular flexibility index (Phi) is 43.5. The van der Waals surface area contributed by atoms with Crippen LogP contribution in [0.2, 0.25) is 0 Å². The summed E-state index contributed by atoms with van der Waals surface area (Å²) in [6.45, 7) is 25.7. The average Bonchev–Trinajstić information content (AvgIpc) is 4.27. The maximum absolute atomic E-state index is 11.3. The van der Waals surface area contributed by atoms with E-state index in [0.717, 1.165) is 54.7 Å². The minimum atomic E-state index is -0.822. The molecule has 5 aliphatic rings. The zero-order valence-electron chi connectivity index (χ0n) is 50.1. The molecule has 4 bridgehead atoms. The Morgan fingerprint density at radius 2 is 1.11 bits per heavy atom. The predicted octanol–water partition coefficient (Wildman–Crippen LogP) is 14.1. The molecule has 3 aromatic carbocycles. The zero-order valence-corrected chi connectivity index (χ0v) is 53.0. The number of carbonyl (C=O) groups is 10. The van der Waals surface area contributed by atoms with Crippen LogP contribution in [0, 0.1) is 66.6 Å². The quantitative estimate of drug-likeness (QED) is 0.0632. The number of carboxylic acid groups (broad SMARTS) is 1. The molecule has 0 saturated heterocycles. The van der Waals surface area contributed by atoms with E-state index in [0.29, 0.717) is 41.3 Å². The van der Waals surface area contributed by atoms with Crippen molar-refractivity contribution in [1.29, 1.82) is 0 Å². The van der Waals surface area contributed by atoms with Crippen LogP contribution in [0.1, 0.15) is 136 Å². The maximum atomic E-state index is 11.3. The Hall–Kier alpha value is -7.41. The molecule has 1 N–H and O–H groups in total. The van der Waals surface area contributed by atoms with Crippen molar-refractivity contribution in [3.63, 3.8) is 0 Å². The van der Waals surface area contributed by atoms with Gasteiger partial charge in [0.05, 0.1) is 5.92 Å². The number of Topliss-reactive ketones (excluding diaryl/α,β-unsaturated/α-hetero) is 7. The molecular formula is C70H87O11W-. The summed E-state index contributed by atoms with van der Waals surface area (Å²) < 4.78 is 0. The molecule has 0 radical (unpaired) electrons. The van der Waals surface area contributed by atoms with Gasteiger partial charge in [0.2, 0.25) is 5.78 Å². The zero-order chi connectivity index (χ0) is 60.7. The molecule has 0 spiro atoms. The van der Waals surface area contributed by atoms with Gasteiger partial charge in [-0.15, -0.1) is 6.58 Å². The molecule has 8 rings (SSSR count). The van der Waals surface area contributed by atoms with Gasteiger partial charge in [-0.05, 0) is 166 Å². The van der Waals surface area contributed by atoms with Crippen molar-refractivity contribution in [3.8, 4) is 11.8 Å². The fourth-order valence-corrected chi connectivity index (χ4v) is 8.46. The first-order valence-electron chi connectivity index (χ1n) is 26.8. The molecule has 2 fully saturated rings. The van der Waals surface area contributed by atoms with Gasteiger partial charge < -0.3 is 12.5 Å². The van der Waals surface area contributed by atoms with Crippen LogP contribution in [0.15, 0.2) is 171 Å². The molecule has 8 atom stereocenters. The minimum absolute atomic E-state index is 0. The van der Waals surface area contributed by atoms with Crippen molar-refractivity contribution in [2.24, 2.45) is 47.3 Å². The van der Waals surface area contributed by atoms with Gasteiger partial charge in [-0.3, -0.25) is 47.9 Å².